The first-order chi connectivity index (χ1) is 11.8. The van der Waals surface area contributed by atoms with Crippen molar-refractivity contribution in [1.82, 2.24) is 0 Å². The summed E-state index contributed by atoms with van der Waals surface area (Å²) in [5, 5.41) is 0. The van der Waals surface area contributed by atoms with Crippen LogP contribution in [0, 0.1) is 17.5 Å². The van der Waals surface area contributed by atoms with Crippen LogP contribution in [-0.2, 0) is 12.6 Å². The Morgan fingerprint density at radius 1 is 0.800 bits per heavy atom. The van der Waals surface area contributed by atoms with Crippen molar-refractivity contribution in [2.75, 3.05) is 6.61 Å². The lowest BCUT2D eigenvalue weighted by molar-refractivity contribution is -0.138. The largest absolute Gasteiger partial charge is 0.493 e. The lowest BCUT2D eigenvalue weighted by atomic mass is 10.1. The zero-order chi connectivity index (χ0) is 18.4. The highest BCUT2D eigenvalue weighted by atomic mass is 19.4. The van der Waals surface area contributed by atoms with Gasteiger partial charge in [0.2, 0.25) is 0 Å². The van der Waals surface area contributed by atoms with Crippen LogP contribution in [0.25, 0.3) is 0 Å². The summed E-state index contributed by atoms with van der Waals surface area (Å²) in [6.07, 6.45) is -2.79. The maximum absolute atomic E-state index is 13.4. The van der Waals surface area contributed by atoms with Crippen molar-refractivity contribution >= 4 is 0 Å². The van der Waals surface area contributed by atoms with E-state index in [1.54, 1.807) is 0 Å². The summed E-state index contributed by atoms with van der Waals surface area (Å²) in [4.78, 5) is 0. The van der Waals surface area contributed by atoms with Crippen LogP contribution in [0.1, 0.15) is 30.4 Å². The molecule has 0 fully saturated rings. The predicted octanol–water partition coefficient (Wildman–Crippen LogP) is 5.91. The normalized spacial score (nSPS) is 11.6. The van der Waals surface area contributed by atoms with Crippen LogP contribution in [-0.4, -0.2) is 6.61 Å². The van der Waals surface area contributed by atoms with Crippen molar-refractivity contribution < 1.29 is 31.1 Å². The Labute approximate surface area is 141 Å². The second-order valence-corrected chi connectivity index (χ2v) is 5.51. The van der Waals surface area contributed by atoms with Gasteiger partial charge >= 0.3 is 6.18 Å². The molecule has 0 saturated heterocycles. The molecule has 0 bridgehead atoms. The number of unbranched alkanes of at least 4 members (excludes halogenated alkanes) is 2. The molecule has 7 heteroatoms. The first-order valence-corrected chi connectivity index (χ1v) is 7.71. The maximum atomic E-state index is 13.4. The molecule has 0 saturated carbocycles. The lowest BCUT2D eigenvalue weighted by Gasteiger charge is -2.13. The molecule has 136 valence electrons. The minimum Gasteiger partial charge on any atom is -0.493 e. The monoisotopic (exact) mass is 362 g/mol. The van der Waals surface area contributed by atoms with Gasteiger partial charge in [-0.3, -0.25) is 0 Å². The molecular formula is C18H16F6O. The Morgan fingerprint density at radius 3 is 2.20 bits per heavy atom. The van der Waals surface area contributed by atoms with E-state index in [2.05, 4.69) is 0 Å². The molecule has 0 aliphatic rings. The van der Waals surface area contributed by atoms with Crippen LogP contribution < -0.4 is 4.74 Å². The predicted molar refractivity (Wildman–Crippen MR) is 80.8 cm³/mol. The van der Waals surface area contributed by atoms with E-state index in [4.69, 9.17) is 4.74 Å². The fraction of sp³-hybridized carbons (Fsp3) is 0.333. The van der Waals surface area contributed by atoms with Crippen molar-refractivity contribution in [3.63, 3.8) is 0 Å². The van der Waals surface area contributed by atoms with Crippen molar-refractivity contribution in [3.8, 4) is 5.75 Å². The topological polar surface area (TPSA) is 9.23 Å². The highest BCUT2D eigenvalue weighted by Crippen LogP contribution is 2.35. The van der Waals surface area contributed by atoms with Crippen LogP contribution in [0.15, 0.2) is 36.4 Å². The van der Waals surface area contributed by atoms with Gasteiger partial charge < -0.3 is 4.74 Å². The summed E-state index contributed by atoms with van der Waals surface area (Å²) < 4.78 is 82.9. The van der Waals surface area contributed by atoms with Crippen molar-refractivity contribution in [1.29, 1.82) is 0 Å². The number of ether oxygens (including phenoxy) is 1. The maximum Gasteiger partial charge on any atom is 0.419 e. The minimum atomic E-state index is -4.49. The van der Waals surface area contributed by atoms with Crippen molar-refractivity contribution in [2.24, 2.45) is 0 Å². The highest BCUT2D eigenvalue weighted by Gasteiger charge is 2.33. The molecule has 2 aromatic carbocycles. The van der Waals surface area contributed by atoms with E-state index in [0.717, 1.165) is 12.1 Å². The minimum absolute atomic E-state index is 0.0715. The smallest absolute Gasteiger partial charge is 0.419 e. The molecule has 0 unspecified atom stereocenters. The number of hydrogen-bond donors (Lipinski definition) is 0. The summed E-state index contributed by atoms with van der Waals surface area (Å²) in [7, 11) is 0. The standard InChI is InChI=1S/C18H16F6O/c19-14-11-16(21)15(20)10-12(14)6-2-1-5-9-25-17-8-4-3-7-13(17)18(22,23)24/h3-4,7-8,10-11H,1-2,5-6,9H2. The molecule has 0 atom stereocenters. The van der Waals surface area contributed by atoms with E-state index in [0.29, 0.717) is 25.3 Å². The molecule has 25 heavy (non-hydrogen) atoms. The molecule has 0 amide bonds. The van der Waals surface area contributed by atoms with E-state index in [1.165, 1.54) is 18.2 Å². The Hall–Kier alpha value is -2.18. The van der Waals surface area contributed by atoms with E-state index in [9.17, 15) is 26.3 Å². The van der Waals surface area contributed by atoms with E-state index >= 15 is 0 Å². The Kier molecular flexibility index (Phi) is 6.33. The number of para-hydroxylation sites is 1. The van der Waals surface area contributed by atoms with Crippen LogP contribution in [0.4, 0.5) is 26.3 Å². The molecule has 0 N–H and O–H groups in total. The molecule has 0 aliphatic carbocycles. The van der Waals surface area contributed by atoms with Crippen molar-refractivity contribution in [2.45, 2.75) is 31.9 Å². The summed E-state index contributed by atoms with van der Waals surface area (Å²) in [6.45, 7) is 0.0767. The van der Waals surface area contributed by atoms with Crippen LogP contribution in [0.5, 0.6) is 5.75 Å². The van der Waals surface area contributed by atoms with E-state index in [-0.39, 0.29) is 24.3 Å². The first kappa shape index (κ1) is 19.1. The number of aryl methyl sites for hydroxylation is 1. The summed E-state index contributed by atoms with van der Waals surface area (Å²) in [5.41, 5.74) is -0.763. The van der Waals surface area contributed by atoms with Gasteiger partial charge in [-0.1, -0.05) is 12.1 Å². The first-order valence-electron chi connectivity index (χ1n) is 7.71. The zero-order valence-corrected chi connectivity index (χ0v) is 13.2. The molecule has 1 nitrogen and oxygen atoms in total. The number of benzene rings is 2. The van der Waals surface area contributed by atoms with Gasteiger partial charge in [0.25, 0.3) is 0 Å². The van der Waals surface area contributed by atoms with Gasteiger partial charge in [0, 0.05) is 6.07 Å². The molecule has 0 aliphatic heterocycles. The van der Waals surface area contributed by atoms with Gasteiger partial charge in [0.15, 0.2) is 11.6 Å². The summed E-state index contributed by atoms with van der Waals surface area (Å²) in [5.74, 6) is -3.39. The second-order valence-electron chi connectivity index (χ2n) is 5.51. The van der Waals surface area contributed by atoms with Crippen LogP contribution >= 0.6 is 0 Å². The summed E-state index contributed by atoms with van der Waals surface area (Å²) in [6, 6.07) is 6.26. The quantitative estimate of drug-likeness (QED) is 0.338. The lowest BCUT2D eigenvalue weighted by Crippen LogP contribution is -2.09. The average Bonchev–Trinajstić information content (AvgIpc) is 2.54. The van der Waals surface area contributed by atoms with E-state index < -0.39 is 29.2 Å². The molecule has 0 radical (unpaired) electrons. The SMILES string of the molecule is Fc1cc(F)c(CCCCCOc2ccccc2C(F)(F)F)cc1F. The Morgan fingerprint density at radius 2 is 1.48 bits per heavy atom. The Bertz CT molecular complexity index is 711. The number of halogens is 6. The summed E-state index contributed by atoms with van der Waals surface area (Å²) >= 11 is 0. The fourth-order valence-electron chi connectivity index (χ4n) is 2.36. The fourth-order valence-corrected chi connectivity index (χ4v) is 2.36. The van der Waals surface area contributed by atoms with Crippen molar-refractivity contribution in [3.05, 3.63) is 65.0 Å². The zero-order valence-electron chi connectivity index (χ0n) is 13.2. The van der Waals surface area contributed by atoms with Gasteiger partial charge in [0.1, 0.15) is 11.6 Å². The molecule has 2 aromatic rings. The molecular weight excluding hydrogens is 346 g/mol. The van der Waals surface area contributed by atoms with Gasteiger partial charge in [0.05, 0.1) is 12.2 Å². The van der Waals surface area contributed by atoms with Gasteiger partial charge in [-0.25, -0.2) is 13.2 Å². The number of alkyl halides is 3. The molecule has 0 spiro atoms. The average molecular weight is 362 g/mol. The van der Waals surface area contributed by atoms with E-state index in [1.807, 2.05) is 0 Å². The third-order valence-corrected chi connectivity index (χ3v) is 3.63. The Balaban J connectivity index is 1.77. The third-order valence-electron chi connectivity index (χ3n) is 3.63. The van der Waals surface area contributed by atoms with Gasteiger partial charge in [-0.15, -0.1) is 0 Å². The molecule has 0 heterocycles. The van der Waals surface area contributed by atoms with Crippen LogP contribution in [0.2, 0.25) is 0 Å². The van der Waals surface area contributed by atoms with Gasteiger partial charge in [-0.2, -0.15) is 13.2 Å². The number of hydrogen-bond acceptors (Lipinski definition) is 1. The molecule has 0 aromatic heterocycles. The highest BCUT2D eigenvalue weighted by molar-refractivity contribution is 5.35. The van der Waals surface area contributed by atoms with Gasteiger partial charge in [-0.05, 0) is 49.4 Å². The molecule has 2 rings (SSSR count). The third kappa shape index (κ3) is 5.41. The second kappa shape index (κ2) is 8.27. The number of rotatable bonds is 7. The van der Waals surface area contributed by atoms with Crippen LogP contribution in [0.3, 0.4) is 0 Å².